The summed E-state index contributed by atoms with van der Waals surface area (Å²) < 4.78 is 27.5. The van der Waals surface area contributed by atoms with Crippen molar-refractivity contribution in [3.05, 3.63) is 42.5 Å². The Hall–Kier alpha value is -3.07. The number of hydrogen-bond donors (Lipinski definition) is 2. The normalized spacial score (nSPS) is 11.2. The van der Waals surface area contributed by atoms with Gasteiger partial charge in [0, 0.05) is 22.6 Å². The maximum atomic E-state index is 12.2. The summed E-state index contributed by atoms with van der Waals surface area (Å²) >= 11 is 0. The molecule has 150 valence electrons. The number of ether oxygens (including phenoxy) is 3. The molecule has 9 heteroatoms. The Bertz CT molecular complexity index is 854. The Morgan fingerprint density at radius 1 is 0.821 bits per heavy atom. The second kappa shape index (κ2) is 10.3. The molecule has 0 spiro atoms. The van der Waals surface area contributed by atoms with Crippen molar-refractivity contribution in [1.82, 2.24) is 0 Å². The molecule has 0 aliphatic carbocycles. The Morgan fingerprint density at radius 2 is 1.39 bits per heavy atom. The van der Waals surface area contributed by atoms with Crippen LogP contribution in [-0.2, 0) is 20.4 Å². The second-order valence-electron chi connectivity index (χ2n) is 5.62. The van der Waals surface area contributed by atoms with Gasteiger partial charge in [-0.1, -0.05) is 0 Å². The van der Waals surface area contributed by atoms with E-state index in [4.69, 9.17) is 14.2 Å². The van der Waals surface area contributed by atoms with E-state index in [0.717, 1.165) is 0 Å². The van der Waals surface area contributed by atoms with E-state index < -0.39 is 22.6 Å². The molecule has 1 atom stereocenters. The number of methoxy groups -OCH3 is 3. The molecule has 0 aliphatic heterocycles. The van der Waals surface area contributed by atoms with Crippen molar-refractivity contribution in [2.45, 2.75) is 0 Å². The van der Waals surface area contributed by atoms with Gasteiger partial charge in [-0.05, 0) is 36.4 Å². The number of nitrogens with one attached hydrogen (secondary N) is 2. The highest BCUT2D eigenvalue weighted by atomic mass is 32.2. The number of carbonyl (C=O) groups excluding carboxylic acids is 2. The molecule has 8 nitrogen and oxygen atoms in total. The summed E-state index contributed by atoms with van der Waals surface area (Å²) in [6.07, 6.45) is 0. The summed E-state index contributed by atoms with van der Waals surface area (Å²) in [5.41, 5.74) is 0.944. The van der Waals surface area contributed by atoms with Crippen LogP contribution in [0.25, 0.3) is 0 Å². The first kappa shape index (κ1) is 21.2. The molecule has 0 unspecified atom stereocenters. The fourth-order valence-electron chi connectivity index (χ4n) is 2.31. The Labute approximate surface area is 165 Å². The number of amides is 2. The van der Waals surface area contributed by atoms with Crippen LogP contribution in [0.5, 0.6) is 17.2 Å². The lowest BCUT2D eigenvalue weighted by atomic mass is 10.2. The molecule has 0 radical (unpaired) electrons. The molecule has 0 saturated carbocycles. The van der Waals surface area contributed by atoms with E-state index in [2.05, 4.69) is 10.6 Å². The Balaban J connectivity index is 1.88. The fourth-order valence-corrected chi connectivity index (χ4v) is 3.14. The van der Waals surface area contributed by atoms with Gasteiger partial charge in [0.25, 0.3) is 0 Å². The summed E-state index contributed by atoms with van der Waals surface area (Å²) in [7, 11) is 2.85. The monoisotopic (exact) mass is 406 g/mol. The van der Waals surface area contributed by atoms with Gasteiger partial charge in [-0.3, -0.25) is 13.8 Å². The number of carbonyl (C=O) groups is 2. The molecule has 0 heterocycles. The third kappa shape index (κ3) is 6.27. The molecule has 0 aliphatic rings. The van der Waals surface area contributed by atoms with Crippen LogP contribution in [0.2, 0.25) is 0 Å². The van der Waals surface area contributed by atoms with Crippen molar-refractivity contribution in [3.63, 3.8) is 0 Å². The summed E-state index contributed by atoms with van der Waals surface area (Å²) in [6.45, 7) is 0. The zero-order valence-corrected chi connectivity index (χ0v) is 16.6. The van der Waals surface area contributed by atoms with E-state index in [0.29, 0.717) is 28.6 Å². The van der Waals surface area contributed by atoms with Crippen molar-refractivity contribution in [2.24, 2.45) is 0 Å². The van der Waals surface area contributed by atoms with Crippen molar-refractivity contribution in [1.29, 1.82) is 0 Å². The molecular weight excluding hydrogens is 384 g/mol. The topological polar surface area (TPSA) is 103 Å². The minimum absolute atomic E-state index is 0.297. The summed E-state index contributed by atoms with van der Waals surface area (Å²) in [4.78, 5) is 24.2. The lowest BCUT2D eigenvalue weighted by Crippen LogP contribution is -2.26. The zero-order valence-electron chi connectivity index (χ0n) is 15.8. The van der Waals surface area contributed by atoms with Crippen LogP contribution in [0.15, 0.2) is 42.5 Å². The first-order chi connectivity index (χ1) is 13.4. The van der Waals surface area contributed by atoms with Crippen LogP contribution < -0.4 is 24.8 Å². The van der Waals surface area contributed by atoms with Crippen molar-refractivity contribution in [3.8, 4) is 17.2 Å². The highest BCUT2D eigenvalue weighted by Crippen LogP contribution is 2.28. The molecular formula is C19H22N2O6S. The van der Waals surface area contributed by atoms with Crippen LogP contribution in [-0.4, -0.2) is 48.9 Å². The van der Waals surface area contributed by atoms with Crippen LogP contribution in [0.4, 0.5) is 11.4 Å². The van der Waals surface area contributed by atoms with Crippen LogP contribution in [0.3, 0.4) is 0 Å². The third-order valence-corrected chi connectivity index (χ3v) is 4.81. The predicted molar refractivity (Wildman–Crippen MR) is 108 cm³/mol. The van der Waals surface area contributed by atoms with Gasteiger partial charge in [-0.25, -0.2) is 0 Å². The maximum absolute atomic E-state index is 12.2. The lowest BCUT2D eigenvalue weighted by molar-refractivity contribution is -0.114. The third-order valence-electron chi connectivity index (χ3n) is 3.64. The number of hydrogen-bond acceptors (Lipinski definition) is 6. The largest absolute Gasteiger partial charge is 0.497 e. The summed E-state index contributed by atoms with van der Waals surface area (Å²) in [5, 5.41) is 5.24. The highest BCUT2D eigenvalue weighted by molar-refractivity contribution is 7.86. The minimum atomic E-state index is -1.67. The van der Waals surface area contributed by atoms with E-state index in [1.807, 2.05) is 0 Å². The smallest absolute Gasteiger partial charge is 0.237 e. The molecule has 0 aromatic heterocycles. The van der Waals surface area contributed by atoms with Gasteiger partial charge in [0.2, 0.25) is 11.8 Å². The van der Waals surface area contributed by atoms with E-state index in [1.165, 1.54) is 14.2 Å². The molecule has 2 N–H and O–H groups in total. The predicted octanol–water partition coefficient (Wildman–Crippen LogP) is 2.04. The lowest BCUT2D eigenvalue weighted by Gasteiger charge is -2.11. The van der Waals surface area contributed by atoms with E-state index in [9.17, 15) is 13.8 Å². The molecule has 2 amide bonds. The SMILES string of the molecule is COc1ccc(NC(=O)C[S@](=O)CC(=O)Nc2cc(OC)ccc2OC)cc1. The van der Waals surface area contributed by atoms with Gasteiger partial charge < -0.3 is 24.8 Å². The van der Waals surface area contributed by atoms with Gasteiger partial charge in [-0.15, -0.1) is 0 Å². The molecule has 0 saturated heterocycles. The highest BCUT2D eigenvalue weighted by Gasteiger charge is 2.15. The van der Waals surface area contributed by atoms with E-state index >= 15 is 0 Å². The van der Waals surface area contributed by atoms with Crippen molar-refractivity contribution >= 4 is 34.0 Å². The minimum Gasteiger partial charge on any atom is -0.497 e. The summed E-state index contributed by atoms with van der Waals surface area (Å²) in [5.74, 6) is 0.0716. The molecule has 28 heavy (non-hydrogen) atoms. The van der Waals surface area contributed by atoms with Gasteiger partial charge in [-0.2, -0.15) is 0 Å². The number of anilines is 2. The van der Waals surface area contributed by atoms with Crippen LogP contribution in [0.1, 0.15) is 0 Å². The number of benzene rings is 2. The van der Waals surface area contributed by atoms with Gasteiger partial charge in [0.1, 0.15) is 28.8 Å². The van der Waals surface area contributed by atoms with Crippen molar-refractivity contribution < 1.29 is 28.0 Å². The molecule has 2 aromatic rings. The van der Waals surface area contributed by atoms with Crippen LogP contribution >= 0.6 is 0 Å². The second-order valence-corrected chi connectivity index (χ2v) is 7.08. The van der Waals surface area contributed by atoms with Gasteiger partial charge >= 0.3 is 0 Å². The fraction of sp³-hybridized carbons (Fsp3) is 0.263. The molecule has 0 fully saturated rings. The maximum Gasteiger partial charge on any atom is 0.237 e. The first-order valence-electron chi connectivity index (χ1n) is 8.26. The zero-order chi connectivity index (χ0) is 20.5. The van der Waals surface area contributed by atoms with Crippen molar-refractivity contribution in [2.75, 3.05) is 43.5 Å². The van der Waals surface area contributed by atoms with E-state index in [-0.39, 0.29) is 11.5 Å². The Morgan fingerprint density at radius 3 is 1.96 bits per heavy atom. The molecule has 0 bridgehead atoms. The average molecular weight is 406 g/mol. The number of rotatable bonds is 9. The van der Waals surface area contributed by atoms with Gasteiger partial charge in [0.15, 0.2) is 0 Å². The first-order valence-corrected chi connectivity index (χ1v) is 9.74. The molecule has 2 aromatic carbocycles. The Kier molecular flexibility index (Phi) is 7.82. The quantitative estimate of drug-likeness (QED) is 0.661. The average Bonchev–Trinajstić information content (AvgIpc) is 2.68. The van der Waals surface area contributed by atoms with Crippen LogP contribution in [0, 0.1) is 0 Å². The van der Waals surface area contributed by atoms with Gasteiger partial charge in [0.05, 0.1) is 27.0 Å². The molecule has 2 rings (SSSR count). The standard InChI is InChI=1S/C19H22N2O6S/c1-25-14-6-4-13(5-7-14)20-18(22)11-28(24)12-19(23)21-16-10-15(26-2)8-9-17(16)27-3/h4-10H,11-12H2,1-3H3,(H,20,22)(H,21,23)/t28-/m0/s1. The van der Waals surface area contributed by atoms with E-state index in [1.54, 1.807) is 49.6 Å². The summed E-state index contributed by atoms with van der Waals surface area (Å²) in [6, 6.07) is 11.7.